The summed E-state index contributed by atoms with van der Waals surface area (Å²) >= 11 is 0. The van der Waals surface area contributed by atoms with Crippen LogP contribution in [0.4, 0.5) is 17.1 Å². The van der Waals surface area contributed by atoms with E-state index in [0.717, 1.165) is 25.2 Å². The van der Waals surface area contributed by atoms with Crippen molar-refractivity contribution in [2.45, 2.75) is 6.42 Å². The first-order chi connectivity index (χ1) is 9.02. The third kappa shape index (κ3) is 5.44. The summed E-state index contributed by atoms with van der Waals surface area (Å²) < 4.78 is 0. The van der Waals surface area contributed by atoms with Crippen LogP contribution in [-0.2, 0) is 4.79 Å². The Bertz CT molecular complexity index is 443. The third-order valence-electron chi connectivity index (χ3n) is 2.58. The second kappa shape index (κ2) is 7.43. The van der Waals surface area contributed by atoms with Gasteiger partial charge >= 0.3 is 0 Å². The maximum absolute atomic E-state index is 11.4. The zero-order valence-corrected chi connectivity index (χ0v) is 11.6. The number of carbonyl (C=O) groups is 1. The summed E-state index contributed by atoms with van der Waals surface area (Å²) in [4.78, 5) is 13.5. The monoisotopic (exact) mass is 262 g/mol. The van der Waals surface area contributed by atoms with E-state index < -0.39 is 0 Å². The van der Waals surface area contributed by atoms with Gasteiger partial charge in [0.1, 0.15) is 0 Å². The van der Waals surface area contributed by atoms with E-state index in [-0.39, 0.29) is 5.91 Å². The minimum absolute atomic E-state index is 0.248. The minimum atomic E-state index is -0.248. The van der Waals surface area contributed by atoms with Gasteiger partial charge in [-0.2, -0.15) is 0 Å². The molecule has 0 unspecified atom stereocenters. The van der Waals surface area contributed by atoms with Crippen LogP contribution in [0.5, 0.6) is 0 Å². The molecule has 0 spiro atoms. The summed E-state index contributed by atoms with van der Waals surface area (Å²) in [5.41, 5.74) is 7.88. The first-order valence-electron chi connectivity index (χ1n) is 6.24. The molecule has 0 aliphatic rings. The van der Waals surface area contributed by atoms with E-state index in [1.807, 2.05) is 20.2 Å². The van der Waals surface area contributed by atoms with E-state index in [2.05, 4.69) is 22.1 Å². The second-order valence-corrected chi connectivity index (χ2v) is 4.58. The standard InChI is InChI=1S/C14H22N4O/c1-4-14(19)17-13-10-11(15)6-7-12(13)16-8-5-9-18(2)3/h4,6-7,10,16H,1,5,8-9,15H2,2-3H3,(H,17,19). The molecule has 1 amide bonds. The topological polar surface area (TPSA) is 70.4 Å². The third-order valence-corrected chi connectivity index (χ3v) is 2.58. The maximum atomic E-state index is 11.4. The largest absolute Gasteiger partial charge is 0.399 e. The summed E-state index contributed by atoms with van der Waals surface area (Å²) in [5, 5.41) is 6.03. The van der Waals surface area contributed by atoms with E-state index in [1.165, 1.54) is 6.08 Å². The quantitative estimate of drug-likeness (QED) is 0.398. The van der Waals surface area contributed by atoms with Crippen molar-refractivity contribution in [3.63, 3.8) is 0 Å². The number of carbonyl (C=O) groups excluding carboxylic acids is 1. The number of nitrogen functional groups attached to an aromatic ring is 1. The number of nitrogens with two attached hydrogens (primary N) is 1. The van der Waals surface area contributed by atoms with Gasteiger partial charge < -0.3 is 21.3 Å². The fourth-order valence-corrected chi connectivity index (χ4v) is 1.62. The van der Waals surface area contributed by atoms with E-state index in [4.69, 9.17) is 5.73 Å². The fourth-order valence-electron chi connectivity index (χ4n) is 1.62. The summed E-state index contributed by atoms with van der Waals surface area (Å²) in [6.07, 6.45) is 2.26. The van der Waals surface area contributed by atoms with Crippen LogP contribution in [0.3, 0.4) is 0 Å². The highest BCUT2D eigenvalue weighted by Crippen LogP contribution is 2.24. The van der Waals surface area contributed by atoms with Crippen LogP contribution in [0.2, 0.25) is 0 Å². The zero-order valence-electron chi connectivity index (χ0n) is 11.6. The van der Waals surface area contributed by atoms with Crippen LogP contribution in [-0.4, -0.2) is 38.0 Å². The van der Waals surface area contributed by atoms with Gasteiger partial charge in [0.05, 0.1) is 11.4 Å². The van der Waals surface area contributed by atoms with Crippen molar-refractivity contribution in [1.82, 2.24) is 4.90 Å². The smallest absolute Gasteiger partial charge is 0.247 e. The highest BCUT2D eigenvalue weighted by atomic mass is 16.1. The molecular formula is C14H22N4O. The van der Waals surface area contributed by atoms with Crippen LogP contribution in [0.25, 0.3) is 0 Å². The normalized spacial score (nSPS) is 10.3. The van der Waals surface area contributed by atoms with Gasteiger partial charge in [0.25, 0.3) is 0 Å². The first kappa shape index (κ1) is 15.0. The summed E-state index contributed by atoms with van der Waals surface area (Å²) in [6.45, 7) is 5.28. The molecule has 4 N–H and O–H groups in total. The Morgan fingerprint density at radius 3 is 2.79 bits per heavy atom. The number of amides is 1. The summed E-state index contributed by atoms with van der Waals surface area (Å²) in [5.74, 6) is -0.248. The molecule has 0 aromatic heterocycles. The van der Waals surface area contributed by atoms with Crippen molar-refractivity contribution in [1.29, 1.82) is 0 Å². The van der Waals surface area contributed by atoms with Crippen LogP contribution in [0, 0.1) is 0 Å². The van der Waals surface area contributed by atoms with Crippen molar-refractivity contribution in [2.24, 2.45) is 0 Å². The molecule has 0 aliphatic heterocycles. The lowest BCUT2D eigenvalue weighted by molar-refractivity contribution is -0.111. The molecule has 0 atom stereocenters. The van der Waals surface area contributed by atoms with E-state index in [1.54, 1.807) is 12.1 Å². The molecule has 0 aliphatic carbocycles. The number of hydrogen-bond donors (Lipinski definition) is 3. The Kier molecular flexibility index (Phi) is 5.89. The van der Waals surface area contributed by atoms with Gasteiger partial charge in [-0.1, -0.05) is 6.58 Å². The van der Waals surface area contributed by atoms with Crippen molar-refractivity contribution < 1.29 is 4.79 Å². The number of hydrogen-bond acceptors (Lipinski definition) is 4. The van der Waals surface area contributed by atoms with Crippen molar-refractivity contribution in [3.05, 3.63) is 30.9 Å². The predicted octanol–water partition coefficient (Wildman–Crippen LogP) is 1.76. The fraction of sp³-hybridized carbons (Fsp3) is 0.357. The number of anilines is 3. The Morgan fingerprint density at radius 1 is 1.42 bits per heavy atom. The SMILES string of the molecule is C=CC(=O)Nc1cc(N)ccc1NCCCN(C)C. The lowest BCUT2D eigenvalue weighted by Crippen LogP contribution is -2.17. The van der Waals surface area contributed by atoms with E-state index in [0.29, 0.717) is 11.4 Å². The second-order valence-electron chi connectivity index (χ2n) is 4.58. The Hall–Kier alpha value is -2.01. The molecule has 1 aromatic rings. The van der Waals surface area contributed by atoms with Gasteiger partial charge in [-0.15, -0.1) is 0 Å². The predicted molar refractivity (Wildman–Crippen MR) is 81.3 cm³/mol. The lowest BCUT2D eigenvalue weighted by Gasteiger charge is -2.14. The van der Waals surface area contributed by atoms with Gasteiger partial charge in [-0.05, 0) is 51.3 Å². The minimum Gasteiger partial charge on any atom is -0.399 e. The average molecular weight is 262 g/mol. The summed E-state index contributed by atoms with van der Waals surface area (Å²) in [7, 11) is 4.08. The van der Waals surface area contributed by atoms with Crippen LogP contribution >= 0.6 is 0 Å². The zero-order chi connectivity index (χ0) is 14.3. The number of rotatable bonds is 7. The molecule has 19 heavy (non-hydrogen) atoms. The molecule has 1 aromatic carbocycles. The highest BCUT2D eigenvalue weighted by Gasteiger charge is 2.05. The first-order valence-corrected chi connectivity index (χ1v) is 6.24. The molecule has 0 bridgehead atoms. The van der Waals surface area contributed by atoms with Crippen molar-refractivity contribution >= 4 is 23.0 Å². The molecule has 0 saturated heterocycles. The van der Waals surface area contributed by atoms with E-state index in [9.17, 15) is 4.79 Å². The molecular weight excluding hydrogens is 240 g/mol. The lowest BCUT2D eigenvalue weighted by atomic mass is 10.2. The van der Waals surface area contributed by atoms with Gasteiger partial charge in [0.2, 0.25) is 5.91 Å². The molecule has 0 saturated carbocycles. The van der Waals surface area contributed by atoms with Gasteiger partial charge in [0.15, 0.2) is 0 Å². The molecule has 104 valence electrons. The van der Waals surface area contributed by atoms with Gasteiger partial charge in [-0.3, -0.25) is 4.79 Å². The van der Waals surface area contributed by atoms with Crippen LogP contribution in [0.1, 0.15) is 6.42 Å². The highest BCUT2D eigenvalue weighted by molar-refractivity contribution is 6.01. The number of benzene rings is 1. The average Bonchev–Trinajstić information content (AvgIpc) is 2.36. The van der Waals surface area contributed by atoms with E-state index >= 15 is 0 Å². The maximum Gasteiger partial charge on any atom is 0.247 e. The van der Waals surface area contributed by atoms with Gasteiger partial charge in [0, 0.05) is 12.2 Å². The Labute approximate surface area is 114 Å². The van der Waals surface area contributed by atoms with Gasteiger partial charge in [-0.25, -0.2) is 0 Å². The summed E-state index contributed by atoms with van der Waals surface area (Å²) in [6, 6.07) is 5.40. The number of nitrogens with zero attached hydrogens (tertiary/aromatic N) is 1. The Morgan fingerprint density at radius 2 is 2.16 bits per heavy atom. The van der Waals surface area contributed by atoms with Crippen molar-refractivity contribution in [2.75, 3.05) is 43.6 Å². The van der Waals surface area contributed by atoms with Crippen LogP contribution < -0.4 is 16.4 Å². The number of nitrogens with one attached hydrogen (secondary N) is 2. The Balaban J connectivity index is 2.65. The molecule has 5 heteroatoms. The molecule has 0 fully saturated rings. The molecule has 1 rings (SSSR count). The molecule has 5 nitrogen and oxygen atoms in total. The van der Waals surface area contributed by atoms with Crippen molar-refractivity contribution in [3.8, 4) is 0 Å². The molecule has 0 heterocycles. The molecule has 0 radical (unpaired) electrons. The van der Waals surface area contributed by atoms with Crippen LogP contribution in [0.15, 0.2) is 30.9 Å².